The summed E-state index contributed by atoms with van der Waals surface area (Å²) in [6.45, 7) is 6.25. The predicted molar refractivity (Wildman–Crippen MR) is 69.4 cm³/mol. The lowest BCUT2D eigenvalue weighted by molar-refractivity contribution is -0.133. The highest BCUT2D eigenvalue weighted by Gasteiger charge is 2.68. The summed E-state index contributed by atoms with van der Waals surface area (Å²) in [6.07, 6.45) is 3.97. The van der Waals surface area contributed by atoms with Crippen LogP contribution < -0.4 is 0 Å². The number of rotatable bonds is 1. The first-order valence-corrected chi connectivity index (χ1v) is 6.94. The van der Waals surface area contributed by atoms with Gasteiger partial charge in [-0.25, -0.2) is 4.39 Å². The van der Waals surface area contributed by atoms with Gasteiger partial charge < -0.3 is 0 Å². The van der Waals surface area contributed by atoms with Crippen molar-refractivity contribution in [1.29, 1.82) is 0 Å². The zero-order chi connectivity index (χ0) is 13.0. The molecule has 97 valence electrons. The number of nitrogens with one attached hydrogen (secondary N) is 1. The highest BCUT2D eigenvalue weighted by atomic mass is 19.1. The Bertz CT molecular complexity index is 463. The number of hydrogen-bond acceptors (Lipinski definition) is 2. The highest BCUT2D eigenvalue weighted by molar-refractivity contribution is 6.39. The van der Waals surface area contributed by atoms with E-state index in [0.717, 1.165) is 31.4 Å². The number of alkyl halides is 1. The van der Waals surface area contributed by atoms with Crippen LogP contribution in [0.15, 0.2) is 0 Å². The van der Waals surface area contributed by atoms with Gasteiger partial charge in [0, 0.05) is 0 Å². The minimum atomic E-state index is -1.29. The molecule has 1 heterocycles. The van der Waals surface area contributed by atoms with E-state index >= 15 is 4.39 Å². The van der Waals surface area contributed by atoms with Crippen molar-refractivity contribution in [2.24, 2.45) is 11.8 Å². The van der Waals surface area contributed by atoms with E-state index < -0.39 is 5.67 Å². The van der Waals surface area contributed by atoms with Gasteiger partial charge in [0.1, 0.15) is 13.0 Å². The Balaban J connectivity index is 2.08. The van der Waals surface area contributed by atoms with Gasteiger partial charge in [-0.3, -0.25) is 0 Å². The maximum atomic E-state index is 15.6. The number of aryl methyl sites for hydroxylation is 1. The maximum Gasteiger partial charge on any atom is 0.161 e. The Morgan fingerprint density at radius 2 is 2.17 bits per heavy atom. The minimum absolute atomic E-state index is 0.0116. The van der Waals surface area contributed by atoms with E-state index in [9.17, 15) is 0 Å². The molecule has 0 saturated heterocycles. The zero-order valence-electron chi connectivity index (χ0n) is 11.3. The molecule has 2 aliphatic rings. The summed E-state index contributed by atoms with van der Waals surface area (Å²) in [5.74, 6) is 0.0242. The van der Waals surface area contributed by atoms with Crippen molar-refractivity contribution < 1.29 is 4.39 Å². The van der Waals surface area contributed by atoms with Crippen molar-refractivity contribution >= 4 is 7.28 Å². The molecule has 0 spiro atoms. The molecule has 5 heteroatoms. The van der Waals surface area contributed by atoms with Crippen LogP contribution in [0.5, 0.6) is 0 Å². The van der Waals surface area contributed by atoms with Crippen LogP contribution in [0.4, 0.5) is 4.39 Å². The molecule has 0 aromatic carbocycles. The largest absolute Gasteiger partial charge is 0.236 e. The molecule has 0 aliphatic heterocycles. The first-order valence-electron chi connectivity index (χ1n) is 6.94. The van der Waals surface area contributed by atoms with E-state index in [4.69, 9.17) is 0 Å². The van der Waals surface area contributed by atoms with Crippen molar-refractivity contribution in [3.63, 3.8) is 0 Å². The molecule has 1 fully saturated rings. The van der Waals surface area contributed by atoms with Gasteiger partial charge in [0.25, 0.3) is 0 Å². The quantitative estimate of drug-likeness (QED) is 0.776. The van der Waals surface area contributed by atoms with Crippen LogP contribution in [0, 0.1) is 11.8 Å². The predicted octanol–water partition coefficient (Wildman–Crippen LogP) is 2.89. The number of hydrogen-bond donors (Lipinski definition) is 1. The number of aromatic amines is 1. The summed E-state index contributed by atoms with van der Waals surface area (Å²) in [4.78, 5) is 0. The van der Waals surface area contributed by atoms with Gasteiger partial charge in [-0.05, 0) is 36.4 Å². The van der Waals surface area contributed by atoms with Crippen LogP contribution in [-0.4, -0.2) is 22.7 Å². The molecule has 2 aliphatic carbocycles. The third kappa shape index (κ3) is 1.25. The van der Waals surface area contributed by atoms with E-state index in [1.807, 2.05) is 6.92 Å². The highest BCUT2D eigenvalue weighted by Crippen LogP contribution is 2.71. The molecule has 1 aromatic rings. The summed E-state index contributed by atoms with van der Waals surface area (Å²) < 4.78 is 15.6. The summed E-state index contributed by atoms with van der Waals surface area (Å²) in [5.41, 5.74) is 0.135. The monoisotopic (exact) mass is 248 g/mol. The number of fused-ring (bicyclic) bond motifs is 3. The van der Waals surface area contributed by atoms with E-state index in [0.29, 0.717) is 5.69 Å². The van der Waals surface area contributed by atoms with Gasteiger partial charge in [0.15, 0.2) is 5.67 Å². The Morgan fingerprint density at radius 3 is 2.89 bits per heavy atom. The Morgan fingerprint density at radius 1 is 1.39 bits per heavy atom. The van der Waals surface area contributed by atoms with Crippen molar-refractivity contribution in [3.05, 3.63) is 11.4 Å². The second-order valence-electron chi connectivity index (χ2n) is 6.06. The second-order valence-corrected chi connectivity index (χ2v) is 6.06. The van der Waals surface area contributed by atoms with Crippen LogP contribution in [0.1, 0.15) is 44.5 Å². The topological polar surface area (TPSA) is 41.6 Å². The molecule has 1 saturated carbocycles. The van der Waals surface area contributed by atoms with E-state index in [2.05, 4.69) is 36.4 Å². The number of nitrogens with zero attached hydrogens (tertiary/aromatic N) is 2. The molecular formula is C13H20BFN3. The van der Waals surface area contributed by atoms with E-state index in [-0.39, 0.29) is 17.2 Å². The fourth-order valence-corrected chi connectivity index (χ4v) is 4.13. The lowest BCUT2D eigenvalue weighted by Gasteiger charge is -2.63. The molecule has 3 nitrogen and oxygen atoms in total. The van der Waals surface area contributed by atoms with Crippen LogP contribution in [-0.2, 0) is 12.1 Å². The fraction of sp³-hybridized carbons (Fsp3) is 0.846. The summed E-state index contributed by atoms with van der Waals surface area (Å²) >= 11 is 0. The van der Waals surface area contributed by atoms with Crippen molar-refractivity contribution in [2.45, 2.75) is 57.3 Å². The Kier molecular flexibility index (Phi) is 2.58. The molecule has 4 atom stereocenters. The summed E-state index contributed by atoms with van der Waals surface area (Å²) in [5, 5.41) is 10.9. The molecule has 0 bridgehead atoms. The van der Waals surface area contributed by atoms with Crippen molar-refractivity contribution in [3.8, 4) is 0 Å². The standard InChI is InChI=1S/C13H20BFN3/c1-8-12(2,14-3)10-7-5-4-6-9-11(13(8,10)15)17-18-16-9/h8,10H,4-7H2,1-3H3,(H,16,17,18)/t8-,10?,12-,13?/m1/s1. The molecule has 1 N–H and O–H groups in total. The minimum Gasteiger partial charge on any atom is -0.236 e. The van der Waals surface area contributed by atoms with Crippen LogP contribution in [0.2, 0.25) is 12.1 Å². The lowest BCUT2D eigenvalue weighted by Crippen LogP contribution is -2.61. The van der Waals surface area contributed by atoms with Crippen LogP contribution >= 0.6 is 0 Å². The van der Waals surface area contributed by atoms with Gasteiger partial charge in [-0.1, -0.05) is 27.1 Å². The molecule has 2 unspecified atom stereocenters. The third-order valence-electron chi connectivity index (χ3n) is 5.58. The second kappa shape index (κ2) is 3.81. The van der Waals surface area contributed by atoms with E-state index in [1.54, 1.807) is 0 Å². The van der Waals surface area contributed by atoms with Gasteiger partial charge in [0.2, 0.25) is 0 Å². The van der Waals surface area contributed by atoms with Crippen molar-refractivity contribution in [1.82, 2.24) is 15.4 Å². The Hall–Kier alpha value is -0.865. The van der Waals surface area contributed by atoms with Crippen molar-refractivity contribution in [2.75, 3.05) is 0 Å². The number of aromatic nitrogens is 3. The first-order chi connectivity index (χ1) is 8.55. The lowest BCUT2D eigenvalue weighted by atomic mass is 9.31. The molecule has 1 radical (unpaired) electrons. The molecule has 18 heavy (non-hydrogen) atoms. The van der Waals surface area contributed by atoms with Gasteiger partial charge >= 0.3 is 0 Å². The molecule has 3 rings (SSSR count). The zero-order valence-corrected chi connectivity index (χ0v) is 11.3. The average Bonchev–Trinajstić information content (AvgIpc) is 2.83. The van der Waals surface area contributed by atoms with E-state index in [1.165, 1.54) is 0 Å². The smallest absolute Gasteiger partial charge is 0.161 e. The van der Waals surface area contributed by atoms with Gasteiger partial charge in [0.05, 0.1) is 5.69 Å². The SMILES string of the molecule is C[B][C@@]1(C)C2CCCCc3n[nH]nc3C2(F)[C@@H]1C. The van der Waals surface area contributed by atoms with Gasteiger partial charge in [-0.15, -0.1) is 0 Å². The third-order valence-corrected chi connectivity index (χ3v) is 5.58. The first kappa shape index (κ1) is 12.2. The van der Waals surface area contributed by atoms with Crippen LogP contribution in [0.3, 0.4) is 0 Å². The number of H-pyrrole nitrogens is 1. The molecular weight excluding hydrogens is 228 g/mol. The molecule has 1 aromatic heterocycles. The number of halogens is 1. The fourth-order valence-electron chi connectivity index (χ4n) is 4.13. The normalized spacial score (nSPS) is 43.1. The summed E-state index contributed by atoms with van der Waals surface area (Å²) in [6, 6.07) is 0. The Labute approximate surface area is 108 Å². The van der Waals surface area contributed by atoms with Gasteiger partial charge in [-0.2, -0.15) is 15.4 Å². The average molecular weight is 248 g/mol. The van der Waals surface area contributed by atoms with Crippen LogP contribution in [0.25, 0.3) is 0 Å². The maximum absolute atomic E-state index is 15.6. The summed E-state index contributed by atoms with van der Waals surface area (Å²) in [7, 11) is 2.18. The molecule has 0 amide bonds.